The van der Waals surface area contributed by atoms with E-state index in [0.717, 1.165) is 16.9 Å². The van der Waals surface area contributed by atoms with Gasteiger partial charge in [0.05, 0.1) is 11.9 Å². The van der Waals surface area contributed by atoms with E-state index in [-0.39, 0.29) is 12.3 Å². The number of rotatable bonds is 7. The molecule has 5 heteroatoms. The fourth-order valence-electron chi connectivity index (χ4n) is 2.99. The maximum Gasteiger partial charge on any atom is 0.224 e. The number of nitrogens with one attached hydrogen (secondary N) is 1. The van der Waals surface area contributed by atoms with Gasteiger partial charge < -0.3 is 14.5 Å². The minimum atomic E-state index is -0.130. The third-order valence-corrected chi connectivity index (χ3v) is 4.59. The van der Waals surface area contributed by atoms with Gasteiger partial charge in [0.1, 0.15) is 5.75 Å². The Labute approximate surface area is 175 Å². The highest BCUT2D eigenvalue weighted by Gasteiger charge is 2.11. The third kappa shape index (κ3) is 4.94. The third-order valence-electron chi connectivity index (χ3n) is 4.59. The van der Waals surface area contributed by atoms with Crippen LogP contribution in [0, 0.1) is 6.92 Å². The molecule has 0 unspecified atom stereocenters. The number of para-hydroxylation sites is 2. The number of nitrogens with zero attached hydrogens (tertiary/aromatic N) is 1. The molecule has 0 aliphatic heterocycles. The van der Waals surface area contributed by atoms with E-state index >= 15 is 0 Å². The van der Waals surface area contributed by atoms with Gasteiger partial charge in [-0.15, -0.1) is 0 Å². The van der Waals surface area contributed by atoms with E-state index in [1.54, 1.807) is 6.20 Å². The molecular formula is C25H22N2O3. The normalized spacial score (nSPS) is 10.6. The Morgan fingerprint density at radius 1 is 0.967 bits per heavy atom. The van der Waals surface area contributed by atoms with Crippen molar-refractivity contribution in [1.29, 1.82) is 0 Å². The topological polar surface area (TPSA) is 64.4 Å². The standard InChI is InChI=1S/C25H22N2O3/c1-18-11-13-20(14-12-18)29-22-10-6-5-9-21(22)27-24(28)15-16-25-26-17-23(30-25)19-7-3-2-4-8-19/h2-14,17H,15-16H2,1H3,(H,27,28). The minimum absolute atomic E-state index is 0.130. The van der Waals surface area contributed by atoms with Crippen molar-refractivity contribution < 1.29 is 13.9 Å². The van der Waals surface area contributed by atoms with Crippen LogP contribution in [-0.4, -0.2) is 10.9 Å². The van der Waals surface area contributed by atoms with Crippen LogP contribution in [0.25, 0.3) is 11.3 Å². The molecule has 3 aromatic carbocycles. The van der Waals surface area contributed by atoms with E-state index in [1.807, 2.05) is 85.8 Å². The van der Waals surface area contributed by atoms with Gasteiger partial charge in [-0.25, -0.2) is 4.98 Å². The summed E-state index contributed by atoms with van der Waals surface area (Å²) in [5.74, 6) is 2.41. The lowest BCUT2D eigenvalue weighted by atomic mass is 10.2. The molecule has 0 aliphatic rings. The summed E-state index contributed by atoms with van der Waals surface area (Å²) < 4.78 is 11.7. The van der Waals surface area contributed by atoms with Gasteiger partial charge in [-0.05, 0) is 31.2 Å². The van der Waals surface area contributed by atoms with E-state index in [9.17, 15) is 4.79 Å². The number of hydrogen-bond donors (Lipinski definition) is 1. The number of anilines is 1. The van der Waals surface area contributed by atoms with Crippen molar-refractivity contribution in [3.63, 3.8) is 0 Å². The molecule has 0 saturated carbocycles. The molecule has 1 N–H and O–H groups in total. The predicted octanol–water partition coefficient (Wildman–Crippen LogP) is 6.01. The molecule has 1 aromatic heterocycles. The Balaban J connectivity index is 1.37. The second kappa shape index (κ2) is 9.09. The molecule has 150 valence electrons. The van der Waals surface area contributed by atoms with Crippen LogP contribution in [0.2, 0.25) is 0 Å². The SMILES string of the molecule is Cc1ccc(Oc2ccccc2NC(=O)CCc2ncc(-c3ccccc3)o2)cc1. The molecule has 4 rings (SSSR count). The van der Waals surface area contributed by atoms with E-state index < -0.39 is 0 Å². The highest BCUT2D eigenvalue weighted by Crippen LogP contribution is 2.29. The number of carbonyl (C=O) groups is 1. The summed E-state index contributed by atoms with van der Waals surface area (Å²) in [6.45, 7) is 2.02. The van der Waals surface area contributed by atoms with Gasteiger partial charge in [-0.3, -0.25) is 4.79 Å². The molecule has 4 aromatic rings. The number of oxazole rings is 1. The zero-order valence-corrected chi connectivity index (χ0v) is 16.7. The second-order valence-electron chi connectivity index (χ2n) is 6.94. The molecule has 0 radical (unpaired) electrons. The molecule has 0 saturated heterocycles. The molecule has 0 spiro atoms. The summed E-state index contributed by atoms with van der Waals surface area (Å²) in [7, 11) is 0. The van der Waals surface area contributed by atoms with E-state index in [2.05, 4.69) is 10.3 Å². The van der Waals surface area contributed by atoms with Gasteiger partial charge in [-0.2, -0.15) is 0 Å². The maximum absolute atomic E-state index is 12.5. The van der Waals surface area contributed by atoms with Crippen molar-refractivity contribution in [2.24, 2.45) is 0 Å². The fourth-order valence-corrected chi connectivity index (χ4v) is 2.99. The summed E-state index contributed by atoms with van der Waals surface area (Å²) in [5.41, 5.74) is 2.74. The summed E-state index contributed by atoms with van der Waals surface area (Å²) in [6.07, 6.45) is 2.36. The van der Waals surface area contributed by atoms with E-state index in [0.29, 0.717) is 29.5 Å². The van der Waals surface area contributed by atoms with Crippen molar-refractivity contribution in [3.8, 4) is 22.8 Å². The van der Waals surface area contributed by atoms with Gasteiger partial charge >= 0.3 is 0 Å². The molecule has 0 fully saturated rings. The zero-order valence-electron chi connectivity index (χ0n) is 16.7. The first-order chi connectivity index (χ1) is 14.7. The van der Waals surface area contributed by atoms with Crippen molar-refractivity contribution >= 4 is 11.6 Å². The summed E-state index contributed by atoms with van der Waals surface area (Å²) in [4.78, 5) is 16.8. The lowest BCUT2D eigenvalue weighted by Crippen LogP contribution is -2.13. The van der Waals surface area contributed by atoms with Crippen molar-refractivity contribution in [2.75, 3.05) is 5.32 Å². The van der Waals surface area contributed by atoms with Gasteiger partial charge in [0, 0.05) is 18.4 Å². The minimum Gasteiger partial charge on any atom is -0.455 e. The number of benzene rings is 3. The van der Waals surface area contributed by atoms with Crippen LogP contribution in [0.1, 0.15) is 17.9 Å². The van der Waals surface area contributed by atoms with Crippen LogP contribution in [-0.2, 0) is 11.2 Å². The maximum atomic E-state index is 12.5. The smallest absolute Gasteiger partial charge is 0.224 e. The van der Waals surface area contributed by atoms with Crippen molar-refractivity contribution in [1.82, 2.24) is 4.98 Å². The molecule has 0 bridgehead atoms. The van der Waals surface area contributed by atoms with Crippen LogP contribution in [0.5, 0.6) is 11.5 Å². The number of carbonyl (C=O) groups excluding carboxylic acids is 1. The monoisotopic (exact) mass is 398 g/mol. The van der Waals surface area contributed by atoms with Crippen LogP contribution in [0.4, 0.5) is 5.69 Å². The van der Waals surface area contributed by atoms with Gasteiger partial charge in [0.25, 0.3) is 0 Å². The van der Waals surface area contributed by atoms with Gasteiger partial charge in [0.15, 0.2) is 17.4 Å². The van der Waals surface area contributed by atoms with Gasteiger partial charge in [-0.1, -0.05) is 60.2 Å². The Kier molecular flexibility index (Phi) is 5.90. The molecule has 0 aliphatic carbocycles. The number of amides is 1. The average molecular weight is 398 g/mol. The first kappa shape index (κ1) is 19.5. The summed E-state index contributed by atoms with van der Waals surface area (Å²) in [5, 5.41) is 2.92. The number of aromatic nitrogens is 1. The predicted molar refractivity (Wildman–Crippen MR) is 117 cm³/mol. The Hall–Kier alpha value is -3.86. The Morgan fingerprint density at radius 2 is 1.70 bits per heavy atom. The zero-order chi connectivity index (χ0) is 20.8. The second-order valence-corrected chi connectivity index (χ2v) is 6.94. The number of ether oxygens (including phenoxy) is 1. The van der Waals surface area contributed by atoms with Crippen LogP contribution in [0.15, 0.2) is 89.5 Å². The number of aryl methyl sites for hydroxylation is 2. The van der Waals surface area contributed by atoms with Crippen molar-refractivity contribution in [2.45, 2.75) is 19.8 Å². The highest BCUT2D eigenvalue weighted by molar-refractivity contribution is 5.92. The molecular weight excluding hydrogens is 376 g/mol. The van der Waals surface area contributed by atoms with Gasteiger partial charge in [0.2, 0.25) is 5.91 Å². The molecule has 1 amide bonds. The van der Waals surface area contributed by atoms with Crippen LogP contribution < -0.4 is 10.1 Å². The van der Waals surface area contributed by atoms with E-state index in [4.69, 9.17) is 9.15 Å². The quantitative estimate of drug-likeness (QED) is 0.414. The summed E-state index contributed by atoms with van der Waals surface area (Å²) >= 11 is 0. The number of hydrogen-bond acceptors (Lipinski definition) is 4. The lowest BCUT2D eigenvalue weighted by molar-refractivity contribution is -0.116. The molecule has 5 nitrogen and oxygen atoms in total. The molecule has 1 heterocycles. The lowest BCUT2D eigenvalue weighted by Gasteiger charge is -2.12. The van der Waals surface area contributed by atoms with Crippen LogP contribution >= 0.6 is 0 Å². The van der Waals surface area contributed by atoms with Crippen LogP contribution in [0.3, 0.4) is 0 Å². The highest BCUT2D eigenvalue weighted by atomic mass is 16.5. The van der Waals surface area contributed by atoms with Crippen molar-refractivity contribution in [3.05, 3.63) is 96.5 Å². The Bertz CT molecular complexity index is 1120. The Morgan fingerprint density at radius 3 is 2.50 bits per heavy atom. The fraction of sp³-hybridized carbons (Fsp3) is 0.120. The largest absolute Gasteiger partial charge is 0.455 e. The summed E-state index contributed by atoms with van der Waals surface area (Å²) in [6, 6.07) is 24.9. The molecule has 0 atom stereocenters. The molecule has 30 heavy (non-hydrogen) atoms. The van der Waals surface area contributed by atoms with E-state index in [1.165, 1.54) is 0 Å². The first-order valence-corrected chi connectivity index (χ1v) is 9.81. The first-order valence-electron chi connectivity index (χ1n) is 9.81. The average Bonchev–Trinajstić information content (AvgIpc) is 3.25.